The quantitative estimate of drug-likeness (QED) is 0.824. The van der Waals surface area contributed by atoms with Crippen LogP contribution in [-0.2, 0) is 11.2 Å². The average Bonchev–Trinajstić information content (AvgIpc) is 2.31. The van der Waals surface area contributed by atoms with Crippen LogP contribution in [0.15, 0.2) is 24.3 Å². The van der Waals surface area contributed by atoms with E-state index in [1.807, 2.05) is 12.1 Å². The molecule has 0 aromatic heterocycles. The molecular weight excluding hydrogens is 214 g/mol. The first kappa shape index (κ1) is 13.6. The maximum Gasteiger partial charge on any atom is 0.306 e. The molecule has 94 valence electrons. The maximum absolute atomic E-state index is 10.8. The van der Waals surface area contributed by atoms with Gasteiger partial charge in [-0.05, 0) is 38.0 Å². The molecule has 0 amide bonds. The third kappa shape index (κ3) is 3.77. The largest absolute Gasteiger partial charge is 0.481 e. The third-order valence-electron chi connectivity index (χ3n) is 3.00. The number of carboxylic acid groups (broad SMARTS) is 1. The zero-order valence-corrected chi connectivity index (χ0v) is 10.8. The van der Waals surface area contributed by atoms with Gasteiger partial charge in [-0.15, -0.1) is 0 Å². The Morgan fingerprint density at radius 2 is 2.00 bits per heavy atom. The molecule has 3 nitrogen and oxygen atoms in total. The molecule has 1 rings (SSSR count). The molecule has 0 bridgehead atoms. The fourth-order valence-corrected chi connectivity index (χ4v) is 1.91. The number of carboxylic acids is 1. The number of aliphatic carboxylic acids is 1. The summed E-state index contributed by atoms with van der Waals surface area (Å²) in [4.78, 5) is 13.1. The van der Waals surface area contributed by atoms with Crippen LogP contribution >= 0.6 is 0 Å². The minimum Gasteiger partial charge on any atom is -0.481 e. The average molecular weight is 235 g/mol. The Labute approximate surface area is 103 Å². The van der Waals surface area contributed by atoms with Crippen LogP contribution in [0.3, 0.4) is 0 Å². The zero-order valence-electron chi connectivity index (χ0n) is 10.8. The van der Waals surface area contributed by atoms with Crippen molar-refractivity contribution in [1.82, 2.24) is 0 Å². The first-order valence-electron chi connectivity index (χ1n) is 6.15. The second-order valence-corrected chi connectivity index (χ2v) is 4.29. The van der Waals surface area contributed by atoms with E-state index in [0.717, 1.165) is 18.7 Å². The predicted octanol–water partition coefficient (Wildman–Crippen LogP) is 2.80. The molecule has 0 aliphatic heterocycles. The van der Waals surface area contributed by atoms with Crippen molar-refractivity contribution in [1.29, 1.82) is 0 Å². The highest BCUT2D eigenvalue weighted by Crippen LogP contribution is 2.18. The number of benzene rings is 1. The number of hydrogen-bond acceptors (Lipinski definition) is 2. The summed E-state index contributed by atoms with van der Waals surface area (Å²) in [6.07, 6.45) is 0.588. The summed E-state index contributed by atoms with van der Waals surface area (Å²) in [5, 5.41) is 8.90. The van der Waals surface area contributed by atoms with Gasteiger partial charge in [-0.25, -0.2) is 0 Å². The van der Waals surface area contributed by atoms with E-state index in [-0.39, 0.29) is 5.92 Å². The maximum atomic E-state index is 10.8. The minimum absolute atomic E-state index is 0.332. The Kier molecular flexibility index (Phi) is 5.01. The van der Waals surface area contributed by atoms with Crippen molar-refractivity contribution in [3.8, 4) is 0 Å². The van der Waals surface area contributed by atoms with E-state index in [9.17, 15) is 4.79 Å². The number of nitrogens with zero attached hydrogens (tertiary/aromatic N) is 1. The lowest BCUT2D eigenvalue weighted by molar-refractivity contribution is -0.141. The van der Waals surface area contributed by atoms with Crippen LogP contribution in [0.5, 0.6) is 0 Å². The fourth-order valence-electron chi connectivity index (χ4n) is 1.91. The Hall–Kier alpha value is -1.51. The molecule has 1 aromatic carbocycles. The Balaban J connectivity index is 2.82. The van der Waals surface area contributed by atoms with Gasteiger partial charge in [0.15, 0.2) is 0 Å². The van der Waals surface area contributed by atoms with Crippen LogP contribution in [0, 0.1) is 5.92 Å². The number of rotatable bonds is 6. The van der Waals surface area contributed by atoms with Crippen molar-refractivity contribution in [2.24, 2.45) is 5.92 Å². The molecule has 0 saturated heterocycles. The van der Waals surface area contributed by atoms with Gasteiger partial charge in [-0.3, -0.25) is 4.79 Å². The van der Waals surface area contributed by atoms with E-state index in [2.05, 4.69) is 30.9 Å². The molecule has 0 spiro atoms. The van der Waals surface area contributed by atoms with Crippen molar-refractivity contribution in [3.63, 3.8) is 0 Å². The van der Waals surface area contributed by atoms with Crippen LogP contribution in [0.4, 0.5) is 5.69 Å². The van der Waals surface area contributed by atoms with Crippen molar-refractivity contribution in [2.75, 3.05) is 18.0 Å². The van der Waals surface area contributed by atoms with Crippen LogP contribution in [-0.4, -0.2) is 24.2 Å². The van der Waals surface area contributed by atoms with Gasteiger partial charge in [-0.1, -0.05) is 19.1 Å². The van der Waals surface area contributed by atoms with E-state index in [0.29, 0.717) is 6.42 Å². The monoisotopic (exact) mass is 235 g/mol. The molecule has 0 fully saturated rings. The van der Waals surface area contributed by atoms with E-state index in [4.69, 9.17) is 5.11 Å². The normalized spacial score (nSPS) is 12.2. The van der Waals surface area contributed by atoms with Gasteiger partial charge in [0, 0.05) is 18.8 Å². The van der Waals surface area contributed by atoms with E-state index < -0.39 is 5.97 Å². The minimum atomic E-state index is -0.738. The molecule has 1 atom stereocenters. The molecule has 3 heteroatoms. The molecule has 17 heavy (non-hydrogen) atoms. The third-order valence-corrected chi connectivity index (χ3v) is 3.00. The van der Waals surface area contributed by atoms with Gasteiger partial charge in [0.05, 0.1) is 5.92 Å². The Morgan fingerprint density at radius 3 is 2.53 bits per heavy atom. The lowest BCUT2D eigenvalue weighted by atomic mass is 10.0. The number of carbonyl (C=O) groups is 1. The van der Waals surface area contributed by atoms with Crippen molar-refractivity contribution >= 4 is 11.7 Å². The molecular formula is C14H21NO2. The summed E-state index contributed by atoms with van der Waals surface area (Å²) in [6.45, 7) is 7.92. The van der Waals surface area contributed by atoms with Crippen molar-refractivity contribution < 1.29 is 9.90 Å². The summed E-state index contributed by atoms with van der Waals surface area (Å²) < 4.78 is 0. The van der Waals surface area contributed by atoms with Gasteiger partial charge < -0.3 is 10.0 Å². The van der Waals surface area contributed by atoms with Crippen LogP contribution in [0.25, 0.3) is 0 Å². The summed E-state index contributed by atoms with van der Waals surface area (Å²) in [5.41, 5.74) is 2.26. The molecule has 0 radical (unpaired) electrons. The summed E-state index contributed by atoms with van der Waals surface area (Å²) in [5.74, 6) is -1.07. The molecule has 1 N–H and O–H groups in total. The SMILES string of the molecule is CCN(CC)c1cccc(CC(C)C(=O)O)c1. The van der Waals surface area contributed by atoms with E-state index >= 15 is 0 Å². The van der Waals surface area contributed by atoms with E-state index in [1.54, 1.807) is 6.92 Å². The zero-order chi connectivity index (χ0) is 12.8. The predicted molar refractivity (Wildman–Crippen MR) is 70.5 cm³/mol. The van der Waals surface area contributed by atoms with Gasteiger partial charge in [0.25, 0.3) is 0 Å². The van der Waals surface area contributed by atoms with Crippen molar-refractivity contribution in [3.05, 3.63) is 29.8 Å². The van der Waals surface area contributed by atoms with Crippen LogP contribution < -0.4 is 4.90 Å². The van der Waals surface area contributed by atoms with E-state index in [1.165, 1.54) is 5.69 Å². The second-order valence-electron chi connectivity index (χ2n) is 4.29. The number of hydrogen-bond donors (Lipinski definition) is 1. The van der Waals surface area contributed by atoms with Gasteiger partial charge in [0.2, 0.25) is 0 Å². The topological polar surface area (TPSA) is 40.5 Å². The summed E-state index contributed by atoms with van der Waals surface area (Å²) in [7, 11) is 0. The van der Waals surface area contributed by atoms with Gasteiger partial charge >= 0.3 is 5.97 Å². The molecule has 0 heterocycles. The molecule has 0 aliphatic carbocycles. The van der Waals surface area contributed by atoms with Gasteiger partial charge in [-0.2, -0.15) is 0 Å². The summed E-state index contributed by atoms with van der Waals surface area (Å²) in [6, 6.07) is 8.15. The van der Waals surface area contributed by atoms with Crippen LogP contribution in [0.1, 0.15) is 26.3 Å². The first-order valence-corrected chi connectivity index (χ1v) is 6.15. The highest BCUT2D eigenvalue weighted by atomic mass is 16.4. The number of anilines is 1. The molecule has 0 saturated carbocycles. The summed E-state index contributed by atoms with van der Waals surface area (Å²) >= 11 is 0. The molecule has 1 unspecified atom stereocenters. The second kappa shape index (κ2) is 6.28. The standard InChI is InChI=1S/C14H21NO2/c1-4-15(5-2)13-8-6-7-12(10-13)9-11(3)14(16)17/h6-8,10-11H,4-5,9H2,1-3H3,(H,16,17). The first-order chi connectivity index (χ1) is 8.08. The fraction of sp³-hybridized carbons (Fsp3) is 0.500. The molecule has 0 aliphatic rings. The highest BCUT2D eigenvalue weighted by molar-refractivity contribution is 5.70. The molecule has 1 aromatic rings. The van der Waals surface area contributed by atoms with Gasteiger partial charge in [0.1, 0.15) is 0 Å². The lowest BCUT2D eigenvalue weighted by Crippen LogP contribution is -2.22. The van der Waals surface area contributed by atoms with Crippen LogP contribution in [0.2, 0.25) is 0 Å². The highest BCUT2D eigenvalue weighted by Gasteiger charge is 2.12. The lowest BCUT2D eigenvalue weighted by Gasteiger charge is -2.21. The Bertz CT molecular complexity index is 372. The Morgan fingerprint density at radius 1 is 1.35 bits per heavy atom. The van der Waals surface area contributed by atoms with Crippen molar-refractivity contribution in [2.45, 2.75) is 27.2 Å². The smallest absolute Gasteiger partial charge is 0.306 e.